The van der Waals surface area contributed by atoms with Crippen LogP contribution in [0.5, 0.6) is 0 Å². The Labute approximate surface area is 86.3 Å². The Morgan fingerprint density at radius 1 is 1.25 bits per heavy atom. The first-order valence-electron chi connectivity index (χ1n) is 4.32. The summed E-state index contributed by atoms with van der Waals surface area (Å²) in [4.78, 5) is 0. The van der Waals surface area contributed by atoms with Crippen LogP contribution < -0.4 is 0 Å². The van der Waals surface area contributed by atoms with Gasteiger partial charge in [-0.3, -0.25) is 4.67 Å². The summed E-state index contributed by atoms with van der Waals surface area (Å²) >= 11 is 11.9. The van der Waals surface area contributed by atoms with Crippen molar-refractivity contribution >= 4 is 28.6 Å². The summed E-state index contributed by atoms with van der Waals surface area (Å²) in [5.74, 6) is 0. The minimum absolute atomic E-state index is 0.0376. The van der Waals surface area contributed by atoms with Gasteiger partial charge in [-0.2, -0.15) is 0 Å². The van der Waals surface area contributed by atoms with Gasteiger partial charge in [0.2, 0.25) is 0 Å². The molecule has 1 unspecified atom stereocenters. The van der Waals surface area contributed by atoms with Crippen LogP contribution in [0.25, 0.3) is 0 Å². The van der Waals surface area contributed by atoms with Crippen molar-refractivity contribution in [2.75, 3.05) is 13.1 Å². The van der Waals surface area contributed by atoms with Gasteiger partial charge in [0.1, 0.15) is 5.54 Å². The second-order valence-corrected chi connectivity index (χ2v) is 10.4. The fourth-order valence-electron chi connectivity index (χ4n) is 1.01. The van der Waals surface area contributed by atoms with Crippen molar-refractivity contribution in [2.24, 2.45) is 0 Å². The monoisotopic (exact) mass is 227 g/mol. The lowest BCUT2D eigenvalue weighted by atomic mass is 10.3. The van der Waals surface area contributed by atoms with Crippen molar-refractivity contribution in [1.29, 1.82) is 0 Å². The first-order valence-corrected chi connectivity index (χ1v) is 7.98. The molecule has 0 N–H and O–H groups in total. The summed E-state index contributed by atoms with van der Waals surface area (Å²) < 4.78 is 2.21. The van der Waals surface area contributed by atoms with Crippen molar-refractivity contribution in [2.45, 2.75) is 39.8 Å². The average molecular weight is 228 g/mol. The van der Waals surface area contributed by atoms with Gasteiger partial charge in [-0.05, 0) is 0 Å². The fraction of sp³-hybridized carbons (Fsp3) is 1.00. The maximum absolute atomic E-state index is 6.43. The van der Waals surface area contributed by atoms with Gasteiger partial charge in [-0.15, -0.1) is 0 Å². The lowest BCUT2D eigenvalue weighted by Crippen LogP contribution is -2.27. The summed E-state index contributed by atoms with van der Waals surface area (Å²) in [6.45, 7) is 12.5. The zero-order chi connectivity index (χ0) is 9.99. The van der Waals surface area contributed by atoms with E-state index in [9.17, 15) is 0 Å². The van der Waals surface area contributed by atoms with E-state index in [1.165, 1.54) is 0 Å². The maximum Gasteiger partial charge on any atom is 0.104 e. The minimum Gasteiger partial charge on any atom is -0.264 e. The highest BCUT2D eigenvalue weighted by molar-refractivity contribution is 8.26. The van der Waals surface area contributed by atoms with E-state index in [1.807, 2.05) is 0 Å². The Bertz CT molecular complexity index is 184. The summed E-state index contributed by atoms with van der Waals surface area (Å²) in [6.07, 6.45) is 0. The van der Waals surface area contributed by atoms with Crippen molar-refractivity contribution < 1.29 is 0 Å². The van der Waals surface area contributed by atoms with E-state index in [-0.39, 0.29) is 5.16 Å². The van der Waals surface area contributed by atoms with E-state index < -0.39 is 5.54 Å². The van der Waals surface area contributed by atoms with E-state index in [0.717, 1.165) is 13.1 Å². The standard InChI is InChI=1S/C8H19ClNPS/c1-6-10(7-2)11(9,12)8(3,4)5/h6-7H2,1-5H3. The third-order valence-electron chi connectivity index (χ3n) is 1.92. The molecule has 12 heavy (non-hydrogen) atoms. The van der Waals surface area contributed by atoms with Gasteiger partial charge in [-0.1, -0.05) is 57.7 Å². The molecule has 0 radical (unpaired) electrons. The summed E-state index contributed by atoms with van der Waals surface area (Å²) in [6, 6.07) is 0. The molecule has 0 aliphatic heterocycles. The van der Waals surface area contributed by atoms with E-state index in [1.54, 1.807) is 0 Å². The molecular weight excluding hydrogens is 209 g/mol. The van der Waals surface area contributed by atoms with Crippen LogP contribution in [0, 0.1) is 0 Å². The SMILES string of the molecule is CCN(CC)P(=S)(Cl)C(C)(C)C. The van der Waals surface area contributed by atoms with Gasteiger partial charge in [0.25, 0.3) is 0 Å². The molecule has 0 fully saturated rings. The second-order valence-electron chi connectivity index (χ2n) is 3.81. The van der Waals surface area contributed by atoms with Crippen LogP contribution in [0.1, 0.15) is 34.6 Å². The average Bonchev–Trinajstić information content (AvgIpc) is 1.87. The lowest BCUT2D eigenvalue weighted by molar-refractivity contribution is 0.496. The first-order chi connectivity index (χ1) is 5.27. The first kappa shape index (κ1) is 12.9. The Kier molecular flexibility index (Phi) is 4.74. The summed E-state index contributed by atoms with van der Waals surface area (Å²) in [5, 5.41) is 0.0376. The number of hydrogen-bond donors (Lipinski definition) is 0. The normalized spacial score (nSPS) is 17.9. The van der Waals surface area contributed by atoms with E-state index in [0.29, 0.717) is 0 Å². The van der Waals surface area contributed by atoms with Crippen molar-refractivity contribution in [3.63, 3.8) is 0 Å². The van der Waals surface area contributed by atoms with Crippen LogP contribution in [-0.2, 0) is 11.8 Å². The molecule has 0 aliphatic rings. The van der Waals surface area contributed by atoms with Crippen LogP contribution in [-0.4, -0.2) is 22.9 Å². The molecule has 0 aromatic rings. The Balaban J connectivity index is 4.71. The van der Waals surface area contributed by atoms with E-state index in [2.05, 4.69) is 39.3 Å². The van der Waals surface area contributed by atoms with Crippen LogP contribution in [0.4, 0.5) is 0 Å². The van der Waals surface area contributed by atoms with Crippen LogP contribution in [0.3, 0.4) is 0 Å². The third kappa shape index (κ3) is 2.70. The molecule has 0 rings (SSSR count). The number of halogens is 1. The number of hydrogen-bond acceptors (Lipinski definition) is 1. The molecular formula is C8H19ClNPS. The van der Waals surface area contributed by atoms with Gasteiger partial charge in [0, 0.05) is 18.2 Å². The molecule has 0 spiro atoms. The third-order valence-corrected chi connectivity index (χ3v) is 9.37. The van der Waals surface area contributed by atoms with Gasteiger partial charge < -0.3 is 0 Å². The lowest BCUT2D eigenvalue weighted by Gasteiger charge is -2.37. The zero-order valence-electron chi connectivity index (χ0n) is 8.59. The largest absolute Gasteiger partial charge is 0.264 e. The summed E-state index contributed by atoms with van der Waals surface area (Å²) in [5.41, 5.74) is -1.85. The second kappa shape index (κ2) is 4.41. The van der Waals surface area contributed by atoms with Gasteiger partial charge >= 0.3 is 0 Å². The van der Waals surface area contributed by atoms with E-state index in [4.69, 9.17) is 23.0 Å². The highest BCUT2D eigenvalue weighted by Gasteiger charge is 2.33. The highest BCUT2D eigenvalue weighted by atomic mass is 35.7. The fourth-order valence-corrected chi connectivity index (χ4v) is 3.92. The molecule has 0 saturated carbocycles. The molecule has 0 aliphatic carbocycles. The number of rotatable bonds is 3. The molecule has 1 nitrogen and oxygen atoms in total. The van der Waals surface area contributed by atoms with Crippen LogP contribution in [0.2, 0.25) is 0 Å². The molecule has 0 heterocycles. The van der Waals surface area contributed by atoms with E-state index >= 15 is 0 Å². The minimum atomic E-state index is -1.85. The molecule has 0 amide bonds. The zero-order valence-corrected chi connectivity index (χ0v) is 11.1. The predicted molar refractivity (Wildman–Crippen MR) is 62.8 cm³/mol. The van der Waals surface area contributed by atoms with Crippen molar-refractivity contribution in [3.05, 3.63) is 0 Å². The quantitative estimate of drug-likeness (QED) is 0.677. The van der Waals surface area contributed by atoms with Crippen LogP contribution in [0.15, 0.2) is 0 Å². The van der Waals surface area contributed by atoms with Gasteiger partial charge in [0.05, 0.1) is 0 Å². The molecule has 0 aromatic carbocycles. The van der Waals surface area contributed by atoms with Crippen molar-refractivity contribution in [3.8, 4) is 0 Å². The smallest absolute Gasteiger partial charge is 0.104 e. The maximum atomic E-state index is 6.43. The Morgan fingerprint density at radius 3 is 1.67 bits per heavy atom. The highest BCUT2D eigenvalue weighted by Crippen LogP contribution is 2.64. The van der Waals surface area contributed by atoms with Crippen LogP contribution >= 0.6 is 16.8 Å². The topological polar surface area (TPSA) is 3.24 Å². The Hall–Kier alpha value is 0.900. The number of nitrogens with zero attached hydrogens (tertiary/aromatic N) is 1. The summed E-state index contributed by atoms with van der Waals surface area (Å²) in [7, 11) is 0. The molecule has 0 bridgehead atoms. The predicted octanol–water partition coefficient (Wildman–Crippen LogP) is 3.68. The molecule has 1 atom stereocenters. The Morgan fingerprint density at radius 2 is 1.58 bits per heavy atom. The molecule has 0 saturated heterocycles. The van der Waals surface area contributed by atoms with Crippen molar-refractivity contribution in [1.82, 2.24) is 4.67 Å². The van der Waals surface area contributed by atoms with Gasteiger partial charge in [0.15, 0.2) is 0 Å². The van der Waals surface area contributed by atoms with Gasteiger partial charge in [-0.25, -0.2) is 0 Å². The molecule has 4 heteroatoms. The molecule has 74 valence electrons. The molecule has 0 aromatic heterocycles.